The molecule has 2 atom stereocenters. The van der Waals surface area contributed by atoms with Gasteiger partial charge >= 0.3 is 12.1 Å². The molecule has 4 N–H and O–H groups in total. The van der Waals surface area contributed by atoms with E-state index in [0.29, 0.717) is 6.42 Å². The fourth-order valence-electron chi connectivity index (χ4n) is 4.49. The van der Waals surface area contributed by atoms with E-state index in [0.717, 1.165) is 37.7 Å². The molecule has 1 aromatic rings. The predicted octanol–water partition coefficient (Wildman–Crippen LogP) is 2.80. The summed E-state index contributed by atoms with van der Waals surface area (Å²) in [6, 6.07) is 6.74. The van der Waals surface area contributed by atoms with Gasteiger partial charge in [-0.05, 0) is 45.6 Å². The molecule has 1 aliphatic carbocycles. The highest BCUT2D eigenvalue weighted by Crippen LogP contribution is 2.27. The van der Waals surface area contributed by atoms with Crippen LogP contribution < -0.4 is 16.4 Å². The van der Waals surface area contributed by atoms with Crippen molar-refractivity contribution in [2.24, 2.45) is 11.7 Å². The molecule has 40 heavy (non-hydrogen) atoms. The molecule has 2 rings (SSSR count). The van der Waals surface area contributed by atoms with Gasteiger partial charge in [-0.2, -0.15) is 0 Å². The van der Waals surface area contributed by atoms with Crippen molar-refractivity contribution in [1.29, 1.82) is 0 Å². The summed E-state index contributed by atoms with van der Waals surface area (Å²) < 4.78 is 10.6. The van der Waals surface area contributed by atoms with Crippen LogP contribution in [0.1, 0.15) is 78.2 Å². The maximum atomic E-state index is 13.3. The molecule has 4 amide bonds. The monoisotopic (exact) mass is 560 g/mol. The van der Waals surface area contributed by atoms with Crippen LogP contribution in [0.25, 0.3) is 0 Å². The van der Waals surface area contributed by atoms with Crippen LogP contribution in [0, 0.1) is 5.92 Å². The molecule has 1 fully saturated rings. The van der Waals surface area contributed by atoms with Gasteiger partial charge < -0.3 is 25.8 Å². The number of likely N-dealkylation sites (N-methyl/N-ethyl adjacent to an activating group) is 1. The van der Waals surface area contributed by atoms with E-state index >= 15 is 0 Å². The van der Waals surface area contributed by atoms with E-state index in [-0.39, 0.29) is 19.1 Å². The summed E-state index contributed by atoms with van der Waals surface area (Å²) in [4.78, 5) is 64.7. The Balaban J connectivity index is 2.10. The van der Waals surface area contributed by atoms with E-state index in [9.17, 15) is 24.0 Å². The molecule has 1 aliphatic rings. The van der Waals surface area contributed by atoms with Gasteiger partial charge in [0, 0.05) is 6.54 Å². The van der Waals surface area contributed by atoms with Gasteiger partial charge in [0.15, 0.2) is 0 Å². The topological polar surface area (TPSA) is 157 Å². The van der Waals surface area contributed by atoms with Crippen molar-refractivity contribution < 1.29 is 33.4 Å². The number of benzene rings is 1. The third-order valence-corrected chi connectivity index (χ3v) is 6.59. The summed E-state index contributed by atoms with van der Waals surface area (Å²) in [6.07, 6.45) is 4.38. The van der Waals surface area contributed by atoms with Crippen LogP contribution in [-0.4, -0.2) is 65.5 Å². The van der Waals surface area contributed by atoms with E-state index in [1.165, 1.54) is 4.90 Å². The lowest BCUT2D eigenvalue weighted by Gasteiger charge is -2.28. The van der Waals surface area contributed by atoms with E-state index < -0.39 is 60.4 Å². The van der Waals surface area contributed by atoms with Gasteiger partial charge in [-0.3, -0.25) is 24.1 Å². The molecule has 222 valence electrons. The van der Waals surface area contributed by atoms with Crippen molar-refractivity contribution in [1.82, 2.24) is 15.5 Å². The van der Waals surface area contributed by atoms with Gasteiger partial charge in [-0.15, -0.1) is 0 Å². The number of rotatable bonds is 13. The van der Waals surface area contributed by atoms with Crippen LogP contribution in [-0.2, 0) is 35.3 Å². The first kappa shape index (κ1) is 32.6. The highest BCUT2D eigenvalue weighted by atomic mass is 16.6. The Morgan fingerprint density at radius 3 is 2.23 bits per heavy atom. The number of hydrogen-bond acceptors (Lipinski definition) is 7. The zero-order valence-electron chi connectivity index (χ0n) is 24.1. The van der Waals surface area contributed by atoms with Gasteiger partial charge in [0.1, 0.15) is 30.8 Å². The van der Waals surface area contributed by atoms with Crippen molar-refractivity contribution in [2.45, 2.75) is 96.9 Å². The van der Waals surface area contributed by atoms with Crippen molar-refractivity contribution in [3.63, 3.8) is 0 Å². The Hall–Kier alpha value is -3.63. The first-order valence-electron chi connectivity index (χ1n) is 13.9. The zero-order valence-corrected chi connectivity index (χ0v) is 24.1. The summed E-state index contributed by atoms with van der Waals surface area (Å²) in [5, 5.41) is 5.15. The van der Waals surface area contributed by atoms with E-state index in [1.807, 2.05) is 6.07 Å². The predicted molar refractivity (Wildman–Crippen MR) is 149 cm³/mol. The number of primary amides is 1. The van der Waals surface area contributed by atoms with Crippen molar-refractivity contribution in [3.05, 3.63) is 35.9 Å². The van der Waals surface area contributed by atoms with Crippen LogP contribution in [0.5, 0.6) is 0 Å². The molecule has 1 saturated carbocycles. The molecular weight excluding hydrogens is 516 g/mol. The summed E-state index contributed by atoms with van der Waals surface area (Å²) in [5.41, 5.74) is 5.60. The highest BCUT2D eigenvalue weighted by molar-refractivity contribution is 5.94. The maximum Gasteiger partial charge on any atom is 0.410 e. The number of esters is 1. The second kappa shape index (κ2) is 15.8. The number of amides is 4. The molecule has 0 heterocycles. The van der Waals surface area contributed by atoms with Gasteiger partial charge in [-0.1, -0.05) is 62.4 Å². The van der Waals surface area contributed by atoms with Gasteiger partial charge in [0.2, 0.25) is 17.7 Å². The number of nitrogens with two attached hydrogens (primary N) is 1. The van der Waals surface area contributed by atoms with Gasteiger partial charge in [-0.25, -0.2) is 4.79 Å². The third-order valence-electron chi connectivity index (χ3n) is 6.59. The Morgan fingerprint density at radius 2 is 1.65 bits per heavy atom. The normalized spacial score (nSPS) is 15.3. The lowest BCUT2D eigenvalue weighted by molar-refractivity contribution is -0.147. The summed E-state index contributed by atoms with van der Waals surface area (Å²) >= 11 is 0. The minimum absolute atomic E-state index is 0.00416. The van der Waals surface area contributed by atoms with Crippen molar-refractivity contribution in [3.8, 4) is 0 Å². The lowest BCUT2D eigenvalue weighted by atomic mass is 9.84. The molecule has 0 saturated heterocycles. The molecule has 0 radical (unpaired) electrons. The Kier molecular flexibility index (Phi) is 12.9. The lowest BCUT2D eigenvalue weighted by Crippen LogP contribution is -2.55. The Bertz CT molecular complexity index is 1000. The molecule has 0 unspecified atom stereocenters. The molecule has 0 aliphatic heterocycles. The minimum Gasteiger partial charge on any atom is -0.461 e. The first-order chi connectivity index (χ1) is 18.9. The number of carbonyl (C=O) groups excluding carboxylic acids is 5. The molecular formula is C29H44N4O7. The van der Waals surface area contributed by atoms with Crippen molar-refractivity contribution >= 4 is 29.8 Å². The quantitative estimate of drug-likeness (QED) is 0.313. The van der Waals surface area contributed by atoms with E-state index in [2.05, 4.69) is 10.6 Å². The standard InChI is InChI=1S/C29H44N4O7/c1-5-33(28(38)40-29(2,3)4)18-24(34)31-23(17-25(35)39-19-21-14-10-7-11-15-21)27(37)32-22(26(30)36)16-20-12-8-6-9-13-20/h7,10-11,14-15,20,22-23H,5-6,8-9,12-13,16-19H2,1-4H3,(H2,30,36)(H,31,34)(H,32,37)/t22-,23-/m0/s1. The summed E-state index contributed by atoms with van der Waals surface area (Å²) in [6.45, 7) is 6.61. The van der Waals surface area contributed by atoms with Gasteiger partial charge in [0.25, 0.3) is 0 Å². The maximum absolute atomic E-state index is 13.3. The first-order valence-corrected chi connectivity index (χ1v) is 13.9. The van der Waals surface area contributed by atoms with Crippen LogP contribution >= 0.6 is 0 Å². The second-order valence-electron chi connectivity index (χ2n) is 11.2. The molecule has 11 heteroatoms. The fourth-order valence-corrected chi connectivity index (χ4v) is 4.49. The molecule has 0 bridgehead atoms. The zero-order chi connectivity index (χ0) is 29.7. The van der Waals surface area contributed by atoms with Crippen LogP contribution in [0.2, 0.25) is 0 Å². The van der Waals surface area contributed by atoms with Crippen molar-refractivity contribution in [2.75, 3.05) is 13.1 Å². The summed E-state index contributed by atoms with van der Waals surface area (Å²) in [5.74, 6) is -2.55. The number of nitrogens with one attached hydrogen (secondary N) is 2. The molecule has 11 nitrogen and oxygen atoms in total. The van der Waals surface area contributed by atoms with E-state index in [1.54, 1.807) is 52.0 Å². The Labute approximate surface area is 236 Å². The van der Waals surface area contributed by atoms with Crippen LogP contribution in [0.4, 0.5) is 4.79 Å². The highest BCUT2D eigenvalue weighted by Gasteiger charge is 2.31. The SMILES string of the molecule is CCN(CC(=O)N[C@@H](CC(=O)OCc1ccccc1)C(=O)N[C@@H](CC1CCCCC1)C(N)=O)C(=O)OC(C)(C)C. The number of nitrogens with zero attached hydrogens (tertiary/aromatic N) is 1. The molecule has 0 spiro atoms. The molecule has 1 aromatic carbocycles. The fraction of sp³-hybridized carbons (Fsp3) is 0.621. The Morgan fingerprint density at radius 1 is 1.00 bits per heavy atom. The second-order valence-corrected chi connectivity index (χ2v) is 11.2. The number of ether oxygens (including phenoxy) is 2. The van der Waals surface area contributed by atoms with Crippen LogP contribution in [0.3, 0.4) is 0 Å². The van der Waals surface area contributed by atoms with Gasteiger partial charge in [0.05, 0.1) is 6.42 Å². The largest absolute Gasteiger partial charge is 0.461 e. The smallest absolute Gasteiger partial charge is 0.410 e. The average molecular weight is 561 g/mol. The number of hydrogen-bond donors (Lipinski definition) is 3. The average Bonchev–Trinajstić information content (AvgIpc) is 2.89. The third kappa shape index (κ3) is 12.0. The number of carbonyl (C=O) groups is 5. The summed E-state index contributed by atoms with van der Waals surface area (Å²) in [7, 11) is 0. The van der Waals surface area contributed by atoms with Crippen LogP contribution in [0.15, 0.2) is 30.3 Å². The van der Waals surface area contributed by atoms with E-state index in [4.69, 9.17) is 15.2 Å². The molecule has 0 aromatic heterocycles. The minimum atomic E-state index is -1.35.